The summed E-state index contributed by atoms with van der Waals surface area (Å²) in [7, 11) is 1.64. The Labute approximate surface area is 156 Å². The molecule has 3 aliphatic heterocycles. The molecule has 138 valence electrons. The summed E-state index contributed by atoms with van der Waals surface area (Å²) in [6.07, 6.45) is 3.01. The molecule has 2 amide bonds. The van der Waals surface area contributed by atoms with Gasteiger partial charge in [0, 0.05) is 25.0 Å². The lowest BCUT2D eigenvalue weighted by molar-refractivity contribution is -0.152. The Morgan fingerprint density at radius 1 is 1.35 bits per heavy atom. The van der Waals surface area contributed by atoms with Crippen LogP contribution in [0.25, 0.3) is 0 Å². The predicted octanol–water partition coefficient (Wildman–Crippen LogP) is 2.43. The molecule has 1 spiro atoms. The number of nitrogens with one attached hydrogen (secondary N) is 1. The Balaban J connectivity index is 1.72. The van der Waals surface area contributed by atoms with E-state index in [1.807, 2.05) is 12.1 Å². The van der Waals surface area contributed by atoms with Crippen molar-refractivity contribution < 1.29 is 19.1 Å². The van der Waals surface area contributed by atoms with Gasteiger partial charge in [0.15, 0.2) is 0 Å². The number of hydrogen-bond acceptors (Lipinski definition) is 5. The Morgan fingerprint density at radius 3 is 2.81 bits per heavy atom. The number of fused-ring (bicyclic) bond motifs is 1. The monoisotopic (exact) mass is 374 g/mol. The van der Waals surface area contributed by atoms with E-state index in [2.05, 4.69) is 11.5 Å². The summed E-state index contributed by atoms with van der Waals surface area (Å²) < 4.78 is 10.8. The average molecular weight is 374 g/mol. The molecule has 0 aromatic heterocycles. The first-order valence-electron chi connectivity index (χ1n) is 8.79. The van der Waals surface area contributed by atoms with Gasteiger partial charge in [-0.25, -0.2) is 5.01 Å². The van der Waals surface area contributed by atoms with E-state index in [9.17, 15) is 9.59 Å². The third-order valence-corrected chi connectivity index (χ3v) is 6.59. The fourth-order valence-electron chi connectivity index (χ4n) is 4.00. The van der Waals surface area contributed by atoms with E-state index >= 15 is 0 Å². The molecule has 0 bridgehead atoms. The van der Waals surface area contributed by atoms with Gasteiger partial charge in [-0.1, -0.05) is 17.8 Å². The summed E-state index contributed by atoms with van der Waals surface area (Å²) in [5, 5.41) is 1.58. The van der Waals surface area contributed by atoms with E-state index in [1.165, 1.54) is 29.8 Å². The van der Waals surface area contributed by atoms with Gasteiger partial charge >= 0.3 is 0 Å². The number of ether oxygens (including phenoxy) is 2. The second-order valence-corrected chi connectivity index (χ2v) is 8.06. The van der Waals surface area contributed by atoms with Gasteiger partial charge in [-0.3, -0.25) is 15.0 Å². The maximum Gasteiger partial charge on any atom is 0.279 e. The van der Waals surface area contributed by atoms with Crippen LogP contribution in [0.15, 0.2) is 33.6 Å². The third kappa shape index (κ3) is 2.89. The van der Waals surface area contributed by atoms with E-state index < -0.39 is 0 Å². The molecule has 1 aromatic rings. The zero-order valence-electron chi connectivity index (χ0n) is 15.0. The molecule has 7 heteroatoms. The summed E-state index contributed by atoms with van der Waals surface area (Å²) in [6, 6.07) is 6.01. The molecule has 1 saturated heterocycles. The van der Waals surface area contributed by atoms with E-state index in [0.29, 0.717) is 13.2 Å². The van der Waals surface area contributed by atoms with Gasteiger partial charge in [-0.05, 0) is 49.0 Å². The van der Waals surface area contributed by atoms with Gasteiger partial charge in [0.25, 0.3) is 5.91 Å². The molecule has 1 N–H and O–H groups in total. The van der Waals surface area contributed by atoms with Crippen molar-refractivity contribution in [2.24, 2.45) is 0 Å². The largest absolute Gasteiger partial charge is 0.497 e. The number of thioether (sulfide) groups is 1. The standard InChI is InChI=1S/C19H22N2O4S/c1-12(22)20-21-18(23)17-14(11-19(21)5-7-25-8-6-19)9-13-3-4-15(24-2)10-16(13)26-17/h3-4,10H,5-9,11H2,1-2H3,(H,20,22). The normalized spacial score (nSPS) is 21.3. The highest BCUT2D eigenvalue weighted by atomic mass is 32.2. The van der Waals surface area contributed by atoms with Crippen molar-refractivity contribution in [2.75, 3.05) is 20.3 Å². The molecule has 3 heterocycles. The molecule has 0 aliphatic carbocycles. The van der Waals surface area contributed by atoms with Gasteiger partial charge in [0.2, 0.25) is 5.91 Å². The number of hydrogen-bond donors (Lipinski definition) is 1. The number of rotatable bonds is 2. The van der Waals surface area contributed by atoms with Crippen molar-refractivity contribution >= 4 is 23.6 Å². The molecule has 1 fully saturated rings. The van der Waals surface area contributed by atoms with Crippen molar-refractivity contribution in [1.29, 1.82) is 0 Å². The smallest absolute Gasteiger partial charge is 0.279 e. The number of methoxy groups -OCH3 is 1. The third-order valence-electron chi connectivity index (χ3n) is 5.32. The van der Waals surface area contributed by atoms with E-state index in [1.54, 1.807) is 12.1 Å². The Morgan fingerprint density at radius 2 is 2.12 bits per heavy atom. The Hall–Kier alpha value is -1.99. The highest BCUT2D eigenvalue weighted by Gasteiger charge is 2.48. The minimum absolute atomic E-state index is 0.109. The number of hydrazine groups is 1. The fourth-order valence-corrected chi connectivity index (χ4v) is 5.14. The highest BCUT2D eigenvalue weighted by molar-refractivity contribution is 8.04. The summed E-state index contributed by atoms with van der Waals surface area (Å²) in [5.74, 6) is 0.446. The summed E-state index contributed by atoms with van der Waals surface area (Å²) in [4.78, 5) is 26.8. The van der Waals surface area contributed by atoms with Crippen LogP contribution in [0.1, 0.15) is 31.7 Å². The van der Waals surface area contributed by atoms with Gasteiger partial charge in [0.1, 0.15) is 5.75 Å². The van der Waals surface area contributed by atoms with E-state index in [4.69, 9.17) is 9.47 Å². The molecule has 0 saturated carbocycles. The first kappa shape index (κ1) is 17.4. The number of amides is 2. The minimum Gasteiger partial charge on any atom is -0.497 e. The SMILES string of the molecule is COc1ccc2c(c1)SC1=C(C2)CC2(CCOCC2)N(NC(C)=O)C1=O. The van der Waals surface area contributed by atoms with Crippen molar-refractivity contribution in [3.8, 4) is 5.75 Å². The molecule has 6 nitrogen and oxygen atoms in total. The number of carbonyl (C=O) groups is 2. The minimum atomic E-state index is -0.385. The van der Waals surface area contributed by atoms with Gasteiger partial charge in [-0.2, -0.15) is 0 Å². The second kappa shape index (κ2) is 6.63. The second-order valence-electron chi connectivity index (χ2n) is 7.01. The number of carbonyl (C=O) groups excluding carboxylic acids is 2. The highest BCUT2D eigenvalue weighted by Crippen LogP contribution is 2.48. The first-order valence-corrected chi connectivity index (χ1v) is 9.60. The zero-order valence-corrected chi connectivity index (χ0v) is 15.8. The maximum absolute atomic E-state index is 13.3. The van der Waals surface area contributed by atoms with Gasteiger partial charge in [0.05, 0.1) is 17.6 Å². The lowest BCUT2D eigenvalue weighted by atomic mass is 9.78. The van der Waals surface area contributed by atoms with Crippen molar-refractivity contribution in [2.45, 2.75) is 43.0 Å². The quantitative estimate of drug-likeness (QED) is 0.861. The van der Waals surface area contributed by atoms with Crippen molar-refractivity contribution in [3.05, 3.63) is 34.2 Å². The summed E-state index contributed by atoms with van der Waals surface area (Å²) in [6.45, 7) is 2.65. The van der Waals surface area contributed by atoms with E-state index in [0.717, 1.165) is 41.2 Å². The molecule has 3 aliphatic rings. The van der Waals surface area contributed by atoms with Crippen molar-refractivity contribution in [1.82, 2.24) is 10.4 Å². The molecule has 26 heavy (non-hydrogen) atoms. The van der Waals surface area contributed by atoms with Crippen molar-refractivity contribution in [3.63, 3.8) is 0 Å². The summed E-state index contributed by atoms with van der Waals surface area (Å²) in [5.41, 5.74) is 4.79. The van der Waals surface area contributed by atoms with Crippen LogP contribution >= 0.6 is 11.8 Å². The Bertz CT molecular complexity index is 799. The van der Waals surface area contributed by atoms with E-state index in [-0.39, 0.29) is 17.4 Å². The fraction of sp³-hybridized carbons (Fsp3) is 0.474. The lowest BCUT2D eigenvalue weighted by Crippen LogP contribution is -2.63. The maximum atomic E-state index is 13.3. The van der Waals surface area contributed by atoms with Gasteiger partial charge < -0.3 is 9.47 Å². The topological polar surface area (TPSA) is 67.9 Å². The van der Waals surface area contributed by atoms with Crippen LogP contribution in [0.3, 0.4) is 0 Å². The molecule has 0 radical (unpaired) electrons. The van der Waals surface area contributed by atoms with Crippen LogP contribution in [0.5, 0.6) is 5.75 Å². The van der Waals surface area contributed by atoms with Crippen LogP contribution in [0.2, 0.25) is 0 Å². The molecule has 4 rings (SSSR count). The van der Waals surface area contributed by atoms with Crippen LogP contribution in [-0.4, -0.2) is 42.7 Å². The number of benzene rings is 1. The predicted molar refractivity (Wildman–Crippen MR) is 97.6 cm³/mol. The lowest BCUT2D eigenvalue weighted by Gasteiger charge is -2.50. The Kier molecular flexibility index (Phi) is 4.44. The molecule has 0 atom stereocenters. The zero-order chi connectivity index (χ0) is 18.3. The molecular weight excluding hydrogens is 352 g/mol. The molecular formula is C19H22N2O4S. The average Bonchev–Trinajstić information content (AvgIpc) is 2.64. The van der Waals surface area contributed by atoms with Gasteiger partial charge in [-0.15, -0.1) is 0 Å². The van der Waals surface area contributed by atoms with Crippen LogP contribution < -0.4 is 10.2 Å². The van der Waals surface area contributed by atoms with Crippen LogP contribution in [0, 0.1) is 0 Å². The first-order chi connectivity index (χ1) is 12.5. The van der Waals surface area contributed by atoms with Crippen LogP contribution in [-0.2, 0) is 20.7 Å². The van der Waals surface area contributed by atoms with Crippen LogP contribution in [0.4, 0.5) is 0 Å². The molecule has 0 unspecified atom stereocenters. The summed E-state index contributed by atoms with van der Waals surface area (Å²) >= 11 is 1.48. The molecule has 1 aromatic carbocycles. The number of nitrogens with zero attached hydrogens (tertiary/aromatic N) is 1.